The van der Waals surface area contributed by atoms with E-state index in [0.717, 1.165) is 37.5 Å². The SMILES string of the molecule is COc1ccc(C(=O)N[C@@H](C(=O)NCc2nnc3n2CCCCC3)C(C)C)cc1. The van der Waals surface area contributed by atoms with E-state index in [1.807, 2.05) is 13.8 Å². The molecule has 29 heavy (non-hydrogen) atoms. The maximum absolute atomic E-state index is 12.8. The van der Waals surface area contributed by atoms with Gasteiger partial charge in [-0.3, -0.25) is 9.59 Å². The van der Waals surface area contributed by atoms with Crippen LogP contribution in [0, 0.1) is 5.92 Å². The van der Waals surface area contributed by atoms with Gasteiger partial charge in [-0.2, -0.15) is 0 Å². The molecule has 8 nitrogen and oxygen atoms in total. The van der Waals surface area contributed by atoms with E-state index in [4.69, 9.17) is 4.74 Å². The molecule has 0 unspecified atom stereocenters. The number of hydrogen-bond acceptors (Lipinski definition) is 5. The van der Waals surface area contributed by atoms with Crippen molar-refractivity contribution in [3.05, 3.63) is 41.5 Å². The minimum absolute atomic E-state index is 0.0623. The molecule has 1 aliphatic heterocycles. The third-order valence-corrected chi connectivity index (χ3v) is 5.19. The molecular formula is C21H29N5O3. The molecule has 0 saturated heterocycles. The second kappa shape index (κ2) is 9.54. The molecule has 0 spiro atoms. The summed E-state index contributed by atoms with van der Waals surface area (Å²) in [6.07, 6.45) is 4.32. The van der Waals surface area contributed by atoms with Crippen molar-refractivity contribution in [1.82, 2.24) is 25.4 Å². The van der Waals surface area contributed by atoms with Crippen molar-refractivity contribution in [1.29, 1.82) is 0 Å². The maximum Gasteiger partial charge on any atom is 0.251 e. The van der Waals surface area contributed by atoms with E-state index in [1.165, 1.54) is 6.42 Å². The highest BCUT2D eigenvalue weighted by atomic mass is 16.5. The van der Waals surface area contributed by atoms with Gasteiger partial charge >= 0.3 is 0 Å². The van der Waals surface area contributed by atoms with Gasteiger partial charge in [0.2, 0.25) is 5.91 Å². The summed E-state index contributed by atoms with van der Waals surface area (Å²) in [6, 6.07) is 6.15. The van der Waals surface area contributed by atoms with Gasteiger partial charge < -0.3 is 19.9 Å². The number of ether oxygens (including phenoxy) is 1. The third-order valence-electron chi connectivity index (χ3n) is 5.19. The van der Waals surface area contributed by atoms with Gasteiger partial charge in [0.05, 0.1) is 13.7 Å². The van der Waals surface area contributed by atoms with E-state index in [9.17, 15) is 9.59 Å². The molecule has 0 aliphatic carbocycles. The zero-order valence-electron chi connectivity index (χ0n) is 17.3. The van der Waals surface area contributed by atoms with E-state index in [1.54, 1.807) is 31.4 Å². The summed E-state index contributed by atoms with van der Waals surface area (Å²) in [5, 5.41) is 14.3. The Labute approximate surface area is 171 Å². The highest BCUT2D eigenvalue weighted by Crippen LogP contribution is 2.15. The summed E-state index contributed by atoms with van der Waals surface area (Å²) < 4.78 is 7.22. The van der Waals surface area contributed by atoms with Gasteiger partial charge in [-0.05, 0) is 43.0 Å². The summed E-state index contributed by atoms with van der Waals surface area (Å²) in [6.45, 7) is 4.99. The van der Waals surface area contributed by atoms with Gasteiger partial charge in [0.25, 0.3) is 5.91 Å². The zero-order chi connectivity index (χ0) is 20.8. The Morgan fingerprint density at radius 3 is 2.59 bits per heavy atom. The van der Waals surface area contributed by atoms with Crippen LogP contribution in [0.2, 0.25) is 0 Å². The monoisotopic (exact) mass is 399 g/mol. The molecule has 0 radical (unpaired) electrons. The molecule has 1 atom stereocenters. The van der Waals surface area contributed by atoms with E-state index in [2.05, 4.69) is 25.4 Å². The van der Waals surface area contributed by atoms with Gasteiger partial charge in [0.1, 0.15) is 17.6 Å². The van der Waals surface area contributed by atoms with Crippen LogP contribution in [0.3, 0.4) is 0 Å². The number of methoxy groups -OCH3 is 1. The molecule has 0 saturated carbocycles. The van der Waals surface area contributed by atoms with Crippen molar-refractivity contribution >= 4 is 11.8 Å². The van der Waals surface area contributed by atoms with E-state index in [-0.39, 0.29) is 17.7 Å². The van der Waals surface area contributed by atoms with Crippen molar-refractivity contribution in [2.45, 2.75) is 58.7 Å². The first kappa shape index (κ1) is 20.8. The summed E-state index contributed by atoms with van der Waals surface area (Å²) in [5.41, 5.74) is 0.479. The molecule has 156 valence electrons. The molecular weight excluding hydrogens is 370 g/mol. The second-order valence-electron chi connectivity index (χ2n) is 7.64. The number of fused-ring (bicyclic) bond motifs is 1. The van der Waals surface area contributed by atoms with Crippen molar-refractivity contribution in [3.8, 4) is 5.75 Å². The highest BCUT2D eigenvalue weighted by molar-refractivity contribution is 5.97. The molecule has 0 fully saturated rings. The Bertz CT molecular complexity index is 845. The molecule has 2 N–H and O–H groups in total. The molecule has 0 bridgehead atoms. The maximum atomic E-state index is 12.8. The lowest BCUT2D eigenvalue weighted by atomic mass is 10.0. The van der Waals surface area contributed by atoms with Crippen molar-refractivity contribution < 1.29 is 14.3 Å². The summed E-state index contributed by atoms with van der Waals surface area (Å²) >= 11 is 0. The number of aryl methyl sites for hydroxylation is 1. The van der Waals surface area contributed by atoms with Gasteiger partial charge in [-0.1, -0.05) is 20.3 Å². The Morgan fingerprint density at radius 1 is 1.14 bits per heavy atom. The van der Waals surface area contributed by atoms with Crippen LogP contribution in [0.5, 0.6) is 5.75 Å². The lowest BCUT2D eigenvalue weighted by Crippen LogP contribution is -2.49. The molecule has 2 aromatic rings. The number of carbonyl (C=O) groups is 2. The van der Waals surface area contributed by atoms with Crippen molar-refractivity contribution in [2.75, 3.05) is 7.11 Å². The minimum atomic E-state index is -0.642. The first-order valence-corrected chi connectivity index (χ1v) is 10.1. The first-order valence-electron chi connectivity index (χ1n) is 10.1. The fourth-order valence-electron chi connectivity index (χ4n) is 3.45. The quantitative estimate of drug-likeness (QED) is 0.743. The number of carbonyl (C=O) groups excluding carboxylic acids is 2. The van der Waals surface area contributed by atoms with Crippen molar-refractivity contribution in [3.63, 3.8) is 0 Å². The Kier molecular flexibility index (Phi) is 6.85. The highest BCUT2D eigenvalue weighted by Gasteiger charge is 2.25. The van der Waals surface area contributed by atoms with E-state index >= 15 is 0 Å². The molecule has 1 aliphatic rings. The van der Waals surface area contributed by atoms with Crippen LogP contribution in [-0.4, -0.2) is 39.7 Å². The predicted octanol–water partition coefficient (Wildman–Crippen LogP) is 2.08. The van der Waals surface area contributed by atoms with Gasteiger partial charge in [-0.25, -0.2) is 0 Å². The topological polar surface area (TPSA) is 98.1 Å². The number of amides is 2. The van der Waals surface area contributed by atoms with Crippen LogP contribution in [0.4, 0.5) is 0 Å². The largest absolute Gasteiger partial charge is 0.497 e. The number of rotatable bonds is 7. The molecule has 3 rings (SSSR count). The standard InChI is InChI=1S/C21H29N5O3/c1-14(2)19(23-20(27)15-8-10-16(29-3)11-9-15)21(28)22-13-18-25-24-17-7-5-4-6-12-26(17)18/h8-11,14,19H,4-7,12-13H2,1-3H3,(H,22,28)(H,23,27)/t19-/m1/s1. The normalized spacial score (nSPS) is 14.6. The summed E-state index contributed by atoms with van der Waals surface area (Å²) in [5.74, 6) is 1.84. The van der Waals surface area contributed by atoms with Crippen LogP contribution >= 0.6 is 0 Å². The lowest BCUT2D eigenvalue weighted by molar-refractivity contribution is -0.124. The van der Waals surface area contributed by atoms with Gasteiger partial charge in [0, 0.05) is 18.5 Å². The number of nitrogens with one attached hydrogen (secondary N) is 2. The van der Waals surface area contributed by atoms with Crippen LogP contribution < -0.4 is 15.4 Å². The van der Waals surface area contributed by atoms with Gasteiger partial charge in [0.15, 0.2) is 5.82 Å². The average Bonchev–Trinajstić information content (AvgIpc) is 2.95. The number of nitrogens with zero attached hydrogens (tertiary/aromatic N) is 3. The fourth-order valence-corrected chi connectivity index (χ4v) is 3.45. The molecule has 8 heteroatoms. The Hall–Kier alpha value is -2.90. The molecule has 2 heterocycles. The van der Waals surface area contributed by atoms with Crippen molar-refractivity contribution in [2.24, 2.45) is 5.92 Å². The Morgan fingerprint density at radius 2 is 1.90 bits per heavy atom. The van der Waals surface area contributed by atoms with Gasteiger partial charge in [-0.15, -0.1) is 10.2 Å². The number of aromatic nitrogens is 3. The Balaban J connectivity index is 1.62. The van der Waals surface area contributed by atoms with E-state index in [0.29, 0.717) is 17.9 Å². The molecule has 1 aromatic heterocycles. The molecule has 2 amide bonds. The summed E-state index contributed by atoms with van der Waals surface area (Å²) in [4.78, 5) is 25.3. The smallest absolute Gasteiger partial charge is 0.251 e. The number of benzene rings is 1. The third kappa shape index (κ3) is 5.13. The first-order chi connectivity index (χ1) is 14.0. The summed E-state index contributed by atoms with van der Waals surface area (Å²) in [7, 11) is 1.57. The zero-order valence-corrected chi connectivity index (χ0v) is 17.3. The average molecular weight is 399 g/mol. The fraction of sp³-hybridized carbons (Fsp3) is 0.524. The predicted molar refractivity (Wildman–Crippen MR) is 109 cm³/mol. The minimum Gasteiger partial charge on any atom is -0.497 e. The van der Waals surface area contributed by atoms with Crippen LogP contribution in [-0.2, 0) is 24.3 Å². The van der Waals surface area contributed by atoms with E-state index < -0.39 is 6.04 Å². The van der Waals surface area contributed by atoms with Crippen LogP contribution in [0.1, 0.15) is 55.1 Å². The number of hydrogen-bond donors (Lipinski definition) is 2. The lowest BCUT2D eigenvalue weighted by Gasteiger charge is -2.22. The van der Waals surface area contributed by atoms with Crippen LogP contribution in [0.25, 0.3) is 0 Å². The molecule has 1 aromatic carbocycles. The second-order valence-corrected chi connectivity index (χ2v) is 7.64. The van der Waals surface area contributed by atoms with Crippen LogP contribution in [0.15, 0.2) is 24.3 Å².